The van der Waals surface area contributed by atoms with E-state index in [1.165, 1.54) is 11.3 Å². The fourth-order valence-corrected chi connectivity index (χ4v) is 3.71. The lowest BCUT2D eigenvalue weighted by molar-refractivity contribution is -0.119. The number of anilines is 2. The highest BCUT2D eigenvalue weighted by Crippen LogP contribution is 2.40. The van der Waals surface area contributed by atoms with Gasteiger partial charge in [0.05, 0.1) is 24.0 Å². The van der Waals surface area contributed by atoms with Gasteiger partial charge in [-0.15, -0.1) is 0 Å². The van der Waals surface area contributed by atoms with Gasteiger partial charge < -0.3 is 15.1 Å². The van der Waals surface area contributed by atoms with Gasteiger partial charge in [-0.05, 0) is 31.5 Å². The molecule has 0 aliphatic carbocycles. The zero-order valence-corrected chi connectivity index (χ0v) is 12.8. The standard InChI is InChI=1S/C14H18BrN3O/c1-3-17-8-11-6-16-7-13(19)18(11)12-5-10(15)4-9(2)14(12)17/h4-5,11,16H,3,6-8H2,1-2H3. The molecular formula is C14H18BrN3O. The Morgan fingerprint density at radius 2 is 2.26 bits per heavy atom. The summed E-state index contributed by atoms with van der Waals surface area (Å²) in [5.74, 6) is 0.172. The number of halogens is 1. The van der Waals surface area contributed by atoms with E-state index in [9.17, 15) is 4.79 Å². The topological polar surface area (TPSA) is 35.6 Å². The average Bonchev–Trinajstić information content (AvgIpc) is 2.37. The van der Waals surface area contributed by atoms with E-state index >= 15 is 0 Å². The number of nitrogens with one attached hydrogen (secondary N) is 1. The lowest BCUT2D eigenvalue weighted by atomic mass is 10.0. The Bertz CT molecular complexity index is 532. The molecule has 2 aliphatic rings. The van der Waals surface area contributed by atoms with Crippen LogP contribution >= 0.6 is 15.9 Å². The van der Waals surface area contributed by atoms with Crippen LogP contribution in [0, 0.1) is 6.92 Å². The second-order valence-corrected chi connectivity index (χ2v) is 6.09. The number of carbonyl (C=O) groups is 1. The summed E-state index contributed by atoms with van der Waals surface area (Å²) in [5.41, 5.74) is 3.48. The molecular weight excluding hydrogens is 306 g/mol. The van der Waals surface area contributed by atoms with Crippen LogP contribution in [0.25, 0.3) is 0 Å². The first kappa shape index (κ1) is 12.9. The van der Waals surface area contributed by atoms with Crippen LogP contribution in [0.1, 0.15) is 12.5 Å². The Balaban J connectivity index is 2.16. The van der Waals surface area contributed by atoms with E-state index in [0.29, 0.717) is 6.54 Å². The van der Waals surface area contributed by atoms with E-state index < -0.39 is 0 Å². The molecule has 2 aliphatic heterocycles. The van der Waals surface area contributed by atoms with Crippen LogP contribution in [0.5, 0.6) is 0 Å². The Morgan fingerprint density at radius 3 is 3.00 bits per heavy atom. The van der Waals surface area contributed by atoms with E-state index in [1.54, 1.807) is 0 Å². The number of benzene rings is 1. The third-order valence-electron chi connectivity index (χ3n) is 3.92. The summed E-state index contributed by atoms with van der Waals surface area (Å²) in [6.45, 7) is 7.46. The van der Waals surface area contributed by atoms with Crippen LogP contribution in [-0.4, -0.2) is 38.1 Å². The molecule has 1 fully saturated rings. The second-order valence-electron chi connectivity index (χ2n) is 5.18. The third kappa shape index (κ3) is 2.05. The van der Waals surface area contributed by atoms with Crippen molar-refractivity contribution < 1.29 is 4.79 Å². The normalized spacial score (nSPS) is 22.3. The van der Waals surface area contributed by atoms with Gasteiger partial charge in [0.1, 0.15) is 0 Å². The molecule has 1 amide bonds. The Morgan fingerprint density at radius 1 is 1.47 bits per heavy atom. The van der Waals surface area contributed by atoms with Gasteiger partial charge in [-0.3, -0.25) is 4.79 Å². The minimum Gasteiger partial charge on any atom is -0.368 e. The van der Waals surface area contributed by atoms with Crippen molar-refractivity contribution in [1.29, 1.82) is 0 Å². The van der Waals surface area contributed by atoms with Crippen molar-refractivity contribution in [3.63, 3.8) is 0 Å². The number of fused-ring (bicyclic) bond motifs is 3. The first-order valence-electron chi connectivity index (χ1n) is 6.69. The molecule has 1 atom stereocenters. The highest BCUT2D eigenvalue weighted by Gasteiger charge is 2.37. The number of likely N-dealkylation sites (N-methyl/N-ethyl adjacent to an activating group) is 1. The van der Waals surface area contributed by atoms with Crippen molar-refractivity contribution in [2.45, 2.75) is 19.9 Å². The van der Waals surface area contributed by atoms with Crippen molar-refractivity contribution in [1.82, 2.24) is 5.32 Å². The highest BCUT2D eigenvalue weighted by atomic mass is 79.9. The van der Waals surface area contributed by atoms with Gasteiger partial charge >= 0.3 is 0 Å². The van der Waals surface area contributed by atoms with Gasteiger partial charge in [0.25, 0.3) is 0 Å². The van der Waals surface area contributed by atoms with E-state index in [0.717, 1.165) is 29.8 Å². The minimum absolute atomic E-state index is 0.172. The smallest absolute Gasteiger partial charge is 0.241 e. The molecule has 5 heteroatoms. The van der Waals surface area contributed by atoms with Gasteiger partial charge in [-0.2, -0.15) is 0 Å². The molecule has 102 valence electrons. The van der Waals surface area contributed by atoms with Crippen molar-refractivity contribution in [3.05, 3.63) is 22.2 Å². The van der Waals surface area contributed by atoms with E-state index in [1.807, 2.05) is 4.90 Å². The number of aryl methyl sites for hydroxylation is 1. The molecule has 1 saturated heterocycles. The minimum atomic E-state index is 0.172. The number of nitrogens with zero attached hydrogens (tertiary/aromatic N) is 2. The molecule has 4 nitrogen and oxygen atoms in total. The molecule has 0 spiro atoms. The van der Waals surface area contributed by atoms with Crippen LogP contribution in [0.4, 0.5) is 11.4 Å². The van der Waals surface area contributed by atoms with Crippen molar-refractivity contribution in [2.24, 2.45) is 0 Å². The van der Waals surface area contributed by atoms with Crippen LogP contribution in [0.3, 0.4) is 0 Å². The predicted octanol–water partition coefficient (Wildman–Crippen LogP) is 1.90. The quantitative estimate of drug-likeness (QED) is 0.857. The van der Waals surface area contributed by atoms with Gasteiger partial charge in [-0.25, -0.2) is 0 Å². The second kappa shape index (κ2) is 4.80. The SMILES string of the molecule is CCN1CC2CNCC(=O)N2c2cc(Br)cc(C)c21. The largest absolute Gasteiger partial charge is 0.368 e. The monoisotopic (exact) mass is 323 g/mol. The maximum Gasteiger partial charge on any atom is 0.241 e. The van der Waals surface area contributed by atoms with Crippen molar-refractivity contribution >= 4 is 33.2 Å². The third-order valence-corrected chi connectivity index (χ3v) is 4.38. The number of carbonyl (C=O) groups excluding carboxylic acids is 1. The molecule has 1 unspecified atom stereocenters. The van der Waals surface area contributed by atoms with Gasteiger partial charge in [0.2, 0.25) is 5.91 Å². The Hall–Kier alpha value is -1.07. The summed E-state index contributed by atoms with van der Waals surface area (Å²) >= 11 is 3.55. The average molecular weight is 324 g/mol. The summed E-state index contributed by atoms with van der Waals surface area (Å²) < 4.78 is 1.03. The van der Waals surface area contributed by atoms with Crippen LogP contribution in [-0.2, 0) is 4.79 Å². The Labute approximate surface area is 121 Å². The van der Waals surface area contributed by atoms with Crippen molar-refractivity contribution in [2.75, 3.05) is 36.0 Å². The molecule has 1 aromatic carbocycles. The summed E-state index contributed by atoms with van der Waals surface area (Å²) in [5, 5.41) is 3.21. The molecule has 3 rings (SSSR count). The van der Waals surface area contributed by atoms with E-state index in [-0.39, 0.29) is 11.9 Å². The molecule has 19 heavy (non-hydrogen) atoms. The van der Waals surface area contributed by atoms with Crippen molar-refractivity contribution in [3.8, 4) is 0 Å². The summed E-state index contributed by atoms with van der Waals surface area (Å²) in [7, 11) is 0. The van der Waals surface area contributed by atoms with Crippen LogP contribution in [0.2, 0.25) is 0 Å². The lowest BCUT2D eigenvalue weighted by Crippen LogP contribution is -2.61. The Kier molecular flexibility index (Phi) is 3.27. The number of hydrogen-bond donors (Lipinski definition) is 1. The predicted molar refractivity (Wildman–Crippen MR) is 80.9 cm³/mol. The zero-order valence-electron chi connectivity index (χ0n) is 11.2. The van der Waals surface area contributed by atoms with Gasteiger partial charge in [0.15, 0.2) is 0 Å². The summed E-state index contributed by atoms with van der Waals surface area (Å²) in [4.78, 5) is 16.6. The lowest BCUT2D eigenvalue weighted by Gasteiger charge is -2.46. The highest BCUT2D eigenvalue weighted by molar-refractivity contribution is 9.10. The first-order valence-corrected chi connectivity index (χ1v) is 7.49. The maximum absolute atomic E-state index is 12.2. The number of piperazine rings is 1. The van der Waals surface area contributed by atoms with E-state index in [4.69, 9.17) is 0 Å². The summed E-state index contributed by atoms with van der Waals surface area (Å²) in [6.07, 6.45) is 0. The fraction of sp³-hybridized carbons (Fsp3) is 0.500. The van der Waals surface area contributed by atoms with Gasteiger partial charge in [0, 0.05) is 24.1 Å². The van der Waals surface area contributed by atoms with Crippen LogP contribution in [0.15, 0.2) is 16.6 Å². The van der Waals surface area contributed by atoms with Gasteiger partial charge in [-0.1, -0.05) is 15.9 Å². The molecule has 0 saturated carbocycles. The number of rotatable bonds is 1. The molecule has 1 aromatic rings. The fourth-order valence-electron chi connectivity index (χ4n) is 3.15. The molecule has 0 bridgehead atoms. The first-order chi connectivity index (χ1) is 9.11. The molecule has 2 heterocycles. The number of amides is 1. The zero-order chi connectivity index (χ0) is 13.6. The van der Waals surface area contributed by atoms with E-state index in [2.05, 4.69) is 52.1 Å². The molecule has 0 aromatic heterocycles. The number of hydrogen-bond acceptors (Lipinski definition) is 3. The maximum atomic E-state index is 12.2. The van der Waals surface area contributed by atoms with Crippen LogP contribution < -0.4 is 15.1 Å². The molecule has 1 N–H and O–H groups in total. The summed E-state index contributed by atoms with van der Waals surface area (Å²) in [6, 6.07) is 4.43. The molecule has 0 radical (unpaired) electrons.